The summed E-state index contributed by atoms with van der Waals surface area (Å²) in [5, 5.41) is 5.31. The van der Waals surface area contributed by atoms with Crippen LogP contribution in [0, 0.1) is 18.6 Å². The number of rotatable bonds is 9. The van der Waals surface area contributed by atoms with E-state index in [1.54, 1.807) is 31.2 Å². The molecule has 2 amide bonds. The van der Waals surface area contributed by atoms with E-state index in [1.165, 1.54) is 0 Å². The summed E-state index contributed by atoms with van der Waals surface area (Å²) in [6.07, 6.45) is -12.0. The molecule has 13 heteroatoms. The number of amides is 2. The summed E-state index contributed by atoms with van der Waals surface area (Å²) in [5.74, 6) is -3.98. The van der Waals surface area contributed by atoms with Crippen molar-refractivity contribution in [1.29, 1.82) is 0 Å². The van der Waals surface area contributed by atoms with Crippen molar-refractivity contribution < 1.29 is 49.0 Å². The van der Waals surface area contributed by atoms with Gasteiger partial charge in [-0.15, -0.1) is 0 Å². The Morgan fingerprint density at radius 3 is 2.16 bits per heavy atom. The Bertz CT molecular complexity index is 1440. The predicted octanol–water partition coefficient (Wildman–Crippen LogP) is 8.26. The van der Waals surface area contributed by atoms with E-state index < -0.39 is 58.8 Å². The second-order valence-corrected chi connectivity index (χ2v) is 10.5. The number of aryl methyl sites for hydroxylation is 1. The number of carbonyl (C=O) groups is 1. The van der Waals surface area contributed by atoms with Crippen LogP contribution in [0.2, 0.25) is 0 Å². The molecular formula is C30H27F9N2O2. The van der Waals surface area contributed by atoms with Crippen LogP contribution in [-0.4, -0.2) is 24.6 Å². The van der Waals surface area contributed by atoms with Gasteiger partial charge in [0, 0.05) is 18.5 Å². The molecule has 1 unspecified atom stereocenters. The number of hydrogen-bond acceptors (Lipinski definition) is 2. The van der Waals surface area contributed by atoms with Gasteiger partial charge in [-0.3, -0.25) is 0 Å². The fraction of sp³-hybridized carbons (Fsp3) is 0.367. The summed E-state index contributed by atoms with van der Waals surface area (Å²) in [6.45, 7) is 1.76. The summed E-state index contributed by atoms with van der Waals surface area (Å²) < 4.78 is 128. The van der Waals surface area contributed by atoms with E-state index in [2.05, 4.69) is 15.4 Å². The Kier molecular flexibility index (Phi) is 9.22. The van der Waals surface area contributed by atoms with Crippen LogP contribution in [0.5, 0.6) is 5.75 Å². The minimum absolute atomic E-state index is 0.285. The van der Waals surface area contributed by atoms with Crippen LogP contribution in [0.25, 0.3) is 0 Å². The summed E-state index contributed by atoms with van der Waals surface area (Å²) in [7, 11) is 0. The van der Waals surface area contributed by atoms with Gasteiger partial charge >= 0.3 is 24.7 Å². The van der Waals surface area contributed by atoms with Crippen molar-refractivity contribution in [2.24, 2.45) is 0 Å². The first kappa shape index (κ1) is 32.0. The van der Waals surface area contributed by atoms with Crippen LogP contribution < -0.4 is 15.4 Å². The predicted molar refractivity (Wildman–Crippen MR) is 139 cm³/mol. The first-order chi connectivity index (χ1) is 20.1. The van der Waals surface area contributed by atoms with E-state index >= 15 is 0 Å². The maximum absolute atomic E-state index is 15.0. The molecule has 4 rings (SSSR count). The molecule has 1 saturated carbocycles. The minimum Gasteiger partial charge on any atom is -0.428 e. The Balaban J connectivity index is 1.96. The number of benzene rings is 3. The monoisotopic (exact) mass is 618 g/mol. The lowest BCUT2D eigenvalue weighted by molar-refractivity contribution is -0.253. The topological polar surface area (TPSA) is 50.4 Å². The van der Waals surface area contributed by atoms with Crippen LogP contribution in [0.15, 0.2) is 60.7 Å². The van der Waals surface area contributed by atoms with Crippen LogP contribution >= 0.6 is 0 Å². The average Bonchev–Trinajstić information content (AvgIpc) is 3.41. The Morgan fingerprint density at radius 1 is 0.907 bits per heavy atom. The second-order valence-electron chi connectivity index (χ2n) is 10.5. The van der Waals surface area contributed by atoms with Gasteiger partial charge in [-0.1, -0.05) is 48.7 Å². The molecule has 0 spiro atoms. The van der Waals surface area contributed by atoms with Crippen LogP contribution in [0.4, 0.5) is 44.3 Å². The van der Waals surface area contributed by atoms with E-state index in [1.807, 2.05) is 0 Å². The zero-order valence-electron chi connectivity index (χ0n) is 22.7. The molecule has 3 aromatic carbocycles. The highest BCUT2D eigenvalue weighted by atomic mass is 19.4. The lowest BCUT2D eigenvalue weighted by atomic mass is 9.77. The third kappa shape index (κ3) is 7.55. The molecule has 0 aliphatic heterocycles. The van der Waals surface area contributed by atoms with Gasteiger partial charge in [-0.25, -0.2) is 13.6 Å². The highest BCUT2D eigenvalue weighted by Gasteiger charge is 2.45. The fourth-order valence-electron chi connectivity index (χ4n) is 5.13. The Morgan fingerprint density at radius 2 is 1.56 bits per heavy atom. The average molecular weight is 619 g/mol. The van der Waals surface area contributed by atoms with E-state index in [-0.39, 0.29) is 18.0 Å². The summed E-state index contributed by atoms with van der Waals surface area (Å²) >= 11 is 0. The summed E-state index contributed by atoms with van der Waals surface area (Å²) in [6, 6.07) is 9.05. The van der Waals surface area contributed by atoms with Gasteiger partial charge in [0.1, 0.15) is 17.4 Å². The normalized spacial score (nSPS) is 15.8. The maximum atomic E-state index is 15.0. The van der Waals surface area contributed by atoms with Crippen molar-refractivity contribution in [2.75, 3.05) is 0 Å². The number of carbonyl (C=O) groups excluding carboxylic acids is 1. The number of ether oxygens (including phenoxy) is 1. The maximum Gasteiger partial charge on any atom is 0.461 e. The molecule has 3 aromatic rings. The van der Waals surface area contributed by atoms with Crippen molar-refractivity contribution in [3.8, 4) is 5.75 Å². The molecule has 1 aliphatic carbocycles. The second kappa shape index (κ2) is 12.4. The van der Waals surface area contributed by atoms with Gasteiger partial charge in [0.15, 0.2) is 0 Å². The fourth-order valence-corrected chi connectivity index (χ4v) is 5.13. The molecule has 1 fully saturated rings. The van der Waals surface area contributed by atoms with E-state index in [0.717, 1.165) is 36.6 Å². The van der Waals surface area contributed by atoms with Crippen molar-refractivity contribution in [3.05, 3.63) is 100 Å². The van der Waals surface area contributed by atoms with E-state index in [9.17, 15) is 44.3 Å². The molecule has 4 nitrogen and oxygen atoms in total. The summed E-state index contributed by atoms with van der Waals surface area (Å²) in [5.41, 5.74) is -3.48. The standard InChI is InChI=1S/C30H27F9N2O2/c1-17-6-8-18(9-7-17)16-28(41-27(42)40-22-4-2-3-5-22,19-10-11-25(32)24(14-19)29(35,36)37)20-12-21(31)15-23(13-20)43-30(38,39)26(33)34/h6-15,22,26H,2-5,16H2,1H3,(H2,40,41,42). The molecule has 2 N–H and O–H groups in total. The lowest BCUT2D eigenvalue weighted by Crippen LogP contribution is -2.53. The molecular weight excluding hydrogens is 591 g/mol. The van der Waals surface area contributed by atoms with Gasteiger partial charge in [0.05, 0.1) is 11.1 Å². The smallest absolute Gasteiger partial charge is 0.428 e. The van der Waals surface area contributed by atoms with Gasteiger partial charge < -0.3 is 15.4 Å². The molecule has 232 valence electrons. The first-order valence-electron chi connectivity index (χ1n) is 13.3. The van der Waals surface area contributed by atoms with Crippen LogP contribution in [-0.2, 0) is 18.1 Å². The Labute approximate surface area is 241 Å². The molecule has 43 heavy (non-hydrogen) atoms. The van der Waals surface area contributed by atoms with Gasteiger partial charge in [-0.05, 0) is 60.7 Å². The van der Waals surface area contributed by atoms with E-state index in [4.69, 9.17) is 0 Å². The number of urea groups is 1. The highest BCUT2D eigenvalue weighted by Crippen LogP contribution is 2.41. The van der Waals surface area contributed by atoms with Crippen LogP contribution in [0.1, 0.15) is 53.5 Å². The number of nitrogens with one attached hydrogen (secondary N) is 2. The number of alkyl halides is 7. The van der Waals surface area contributed by atoms with Crippen molar-refractivity contribution in [3.63, 3.8) is 0 Å². The van der Waals surface area contributed by atoms with Crippen molar-refractivity contribution in [1.82, 2.24) is 10.6 Å². The first-order valence-corrected chi connectivity index (χ1v) is 13.3. The largest absolute Gasteiger partial charge is 0.461 e. The van der Waals surface area contributed by atoms with E-state index in [0.29, 0.717) is 36.6 Å². The van der Waals surface area contributed by atoms with Gasteiger partial charge in [0.25, 0.3) is 0 Å². The zero-order valence-corrected chi connectivity index (χ0v) is 22.7. The molecule has 0 aromatic heterocycles. The van der Waals surface area contributed by atoms with Gasteiger partial charge in [0.2, 0.25) is 0 Å². The SMILES string of the molecule is Cc1ccc(CC(NC(=O)NC2CCCC2)(c2cc(F)cc(OC(F)(F)C(F)F)c2)c2ccc(F)c(C(F)(F)F)c2)cc1. The van der Waals surface area contributed by atoms with Crippen molar-refractivity contribution in [2.45, 2.75) is 69.3 Å². The highest BCUT2D eigenvalue weighted by molar-refractivity contribution is 5.76. The minimum atomic E-state index is -5.18. The summed E-state index contributed by atoms with van der Waals surface area (Å²) in [4.78, 5) is 13.4. The lowest BCUT2D eigenvalue weighted by Gasteiger charge is -2.37. The quantitative estimate of drug-likeness (QED) is 0.237. The van der Waals surface area contributed by atoms with Crippen molar-refractivity contribution >= 4 is 6.03 Å². The molecule has 1 atom stereocenters. The molecule has 0 saturated heterocycles. The van der Waals surface area contributed by atoms with Crippen LogP contribution in [0.3, 0.4) is 0 Å². The Hall–Kier alpha value is -3.90. The third-order valence-corrected chi connectivity index (χ3v) is 7.24. The number of hydrogen-bond donors (Lipinski definition) is 2. The number of halogens is 9. The van der Waals surface area contributed by atoms with Gasteiger partial charge in [-0.2, -0.15) is 30.7 Å². The zero-order chi connectivity index (χ0) is 31.6. The molecule has 0 heterocycles. The molecule has 0 radical (unpaired) electrons. The third-order valence-electron chi connectivity index (χ3n) is 7.24. The molecule has 0 bridgehead atoms. The molecule has 1 aliphatic rings.